The number of thioether (sulfide) groups is 1. The van der Waals surface area contributed by atoms with E-state index in [1.165, 1.54) is 42.1 Å². The molecule has 0 heterocycles. The highest BCUT2D eigenvalue weighted by Crippen LogP contribution is 2.34. The summed E-state index contributed by atoms with van der Waals surface area (Å²) >= 11 is 1.52. The summed E-state index contributed by atoms with van der Waals surface area (Å²) in [5.41, 5.74) is -1.11. The zero-order valence-corrected chi connectivity index (χ0v) is 15.5. The number of nitrogens with one attached hydrogen (secondary N) is 1. The molecule has 0 aliphatic carbocycles. The molecule has 0 saturated heterocycles. The van der Waals surface area contributed by atoms with Crippen molar-refractivity contribution in [1.82, 2.24) is 4.90 Å². The maximum absolute atomic E-state index is 13.0. The Morgan fingerprint density at radius 1 is 1.11 bits per heavy atom. The first-order valence-electron chi connectivity index (χ1n) is 8.36. The van der Waals surface area contributed by atoms with Gasteiger partial charge in [0.15, 0.2) is 0 Å². The Balaban J connectivity index is 1.87. The average Bonchev–Trinajstić information content (AvgIpc) is 2.62. The summed E-state index contributed by atoms with van der Waals surface area (Å²) in [6, 6.07) is 11.0. The van der Waals surface area contributed by atoms with Crippen molar-refractivity contribution in [1.29, 1.82) is 0 Å². The van der Waals surface area contributed by atoms with Crippen LogP contribution in [-0.2, 0) is 11.0 Å². The van der Waals surface area contributed by atoms with Crippen LogP contribution in [0.1, 0.15) is 12.5 Å². The first kappa shape index (κ1) is 21.2. The molecule has 1 N–H and O–H groups in total. The van der Waals surface area contributed by atoms with E-state index < -0.39 is 17.6 Å². The number of carbonyl (C=O) groups is 1. The van der Waals surface area contributed by atoms with Crippen molar-refractivity contribution < 1.29 is 22.4 Å². The number of benzene rings is 2. The van der Waals surface area contributed by atoms with Crippen molar-refractivity contribution in [3.05, 3.63) is 59.9 Å². The van der Waals surface area contributed by atoms with Crippen LogP contribution in [0.5, 0.6) is 0 Å². The Labute approximate surface area is 159 Å². The van der Waals surface area contributed by atoms with Crippen LogP contribution in [0.25, 0.3) is 0 Å². The number of likely N-dealkylation sites (N-methyl/N-ethyl adjacent to an activating group) is 1. The van der Waals surface area contributed by atoms with Gasteiger partial charge in [0.1, 0.15) is 5.82 Å². The normalized spacial score (nSPS) is 11.6. The number of anilines is 1. The molecule has 0 atom stereocenters. The van der Waals surface area contributed by atoms with Gasteiger partial charge in [0.05, 0.1) is 17.8 Å². The number of halogens is 4. The molecular weight excluding hydrogens is 380 g/mol. The van der Waals surface area contributed by atoms with E-state index in [0.717, 1.165) is 11.0 Å². The van der Waals surface area contributed by atoms with Crippen molar-refractivity contribution >= 4 is 23.4 Å². The monoisotopic (exact) mass is 400 g/mol. The summed E-state index contributed by atoms with van der Waals surface area (Å²) in [5.74, 6) is -0.128. The molecule has 0 saturated carbocycles. The Kier molecular flexibility index (Phi) is 7.67. The summed E-state index contributed by atoms with van der Waals surface area (Å²) in [5, 5.41) is 2.35. The largest absolute Gasteiger partial charge is 0.418 e. The van der Waals surface area contributed by atoms with Crippen molar-refractivity contribution in [2.24, 2.45) is 0 Å². The number of hydrogen-bond donors (Lipinski definition) is 1. The zero-order valence-electron chi connectivity index (χ0n) is 14.7. The van der Waals surface area contributed by atoms with Gasteiger partial charge in [-0.25, -0.2) is 4.39 Å². The molecule has 8 heteroatoms. The predicted octanol–water partition coefficient (Wildman–Crippen LogP) is 4.90. The lowest BCUT2D eigenvalue weighted by Crippen LogP contribution is -2.35. The van der Waals surface area contributed by atoms with E-state index in [1.54, 1.807) is 12.1 Å². The molecule has 0 fully saturated rings. The summed E-state index contributed by atoms with van der Waals surface area (Å²) in [4.78, 5) is 14.9. The lowest BCUT2D eigenvalue weighted by Gasteiger charge is -2.20. The van der Waals surface area contributed by atoms with Gasteiger partial charge >= 0.3 is 6.18 Å². The second kappa shape index (κ2) is 9.75. The smallest absolute Gasteiger partial charge is 0.324 e. The van der Waals surface area contributed by atoms with E-state index >= 15 is 0 Å². The third kappa shape index (κ3) is 6.88. The van der Waals surface area contributed by atoms with E-state index in [9.17, 15) is 22.4 Å². The van der Waals surface area contributed by atoms with E-state index in [1.807, 2.05) is 11.8 Å². The molecule has 0 aliphatic heterocycles. The number of para-hydroxylation sites is 1. The molecule has 3 nitrogen and oxygen atoms in total. The predicted molar refractivity (Wildman–Crippen MR) is 99.3 cm³/mol. The van der Waals surface area contributed by atoms with Gasteiger partial charge in [-0.2, -0.15) is 13.2 Å². The Morgan fingerprint density at radius 3 is 2.41 bits per heavy atom. The Hall–Kier alpha value is -2.06. The maximum atomic E-state index is 13.0. The first-order chi connectivity index (χ1) is 12.8. The van der Waals surface area contributed by atoms with Crippen LogP contribution in [0, 0.1) is 5.82 Å². The topological polar surface area (TPSA) is 32.3 Å². The quantitative estimate of drug-likeness (QED) is 0.505. The molecule has 27 heavy (non-hydrogen) atoms. The van der Waals surface area contributed by atoms with Crippen LogP contribution < -0.4 is 5.32 Å². The molecule has 0 radical (unpaired) electrons. The van der Waals surface area contributed by atoms with E-state index in [2.05, 4.69) is 5.32 Å². The zero-order chi connectivity index (χ0) is 19.9. The number of nitrogens with zero attached hydrogens (tertiary/aromatic N) is 1. The van der Waals surface area contributed by atoms with Gasteiger partial charge in [0.2, 0.25) is 5.91 Å². The minimum atomic E-state index is -4.53. The van der Waals surface area contributed by atoms with Crippen molar-refractivity contribution in [2.75, 3.05) is 30.7 Å². The second-order valence-electron chi connectivity index (χ2n) is 5.76. The molecule has 0 spiro atoms. The number of hydrogen-bond acceptors (Lipinski definition) is 3. The molecule has 146 valence electrons. The number of rotatable bonds is 8. The third-order valence-corrected chi connectivity index (χ3v) is 4.80. The molecule has 0 unspecified atom stereocenters. The maximum Gasteiger partial charge on any atom is 0.418 e. The molecule has 0 bridgehead atoms. The fourth-order valence-corrected chi connectivity index (χ4v) is 3.32. The van der Waals surface area contributed by atoms with Crippen LogP contribution in [0.15, 0.2) is 53.4 Å². The lowest BCUT2D eigenvalue weighted by molar-refractivity contribution is -0.137. The highest BCUT2D eigenvalue weighted by Gasteiger charge is 2.33. The van der Waals surface area contributed by atoms with Gasteiger partial charge in [-0.3, -0.25) is 9.69 Å². The Morgan fingerprint density at radius 2 is 1.78 bits per heavy atom. The van der Waals surface area contributed by atoms with Crippen LogP contribution in [0.4, 0.5) is 23.2 Å². The minimum Gasteiger partial charge on any atom is -0.324 e. The molecule has 0 aromatic heterocycles. The van der Waals surface area contributed by atoms with Gasteiger partial charge in [0.25, 0.3) is 0 Å². The number of alkyl halides is 3. The Bertz CT molecular complexity index is 750. The second-order valence-corrected chi connectivity index (χ2v) is 6.93. The van der Waals surface area contributed by atoms with Crippen molar-refractivity contribution in [2.45, 2.75) is 18.0 Å². The minimum absolute atomic E-state index is 0.00727. The van der Waals surface area contributed by atoms with Crippen LogP contribution in [0.3, 0.4) is 0 Å². The molecule has 2 rings (SSSR count). The SMILES string of the molecule is CCN(CCSc1ccc(F)cc1)CC(=O)Nc1ccccc1C(F)(F)F. The van der Waals surface area contributed by atoms with Gasteiger partial charge in [-0.1, -0.05) is 19.1 Å². The standard InChI is InChI=1S/C19H20F4N2OS/c1-2-25(11-12-27-15-9-7-14(20)8-10-15)13-18(26)24-17-6-4-3-5-16(17)19(21,22)23/h3-10H,2,11-13H2,1H3,(H,24,26). The molecule has 2 aromatic rings. The highest BCUT2D eigenvalue weighted by atomic mass is 32.2. The molecular formula is C19H20F4N2OS. The van der Waals surface area contributed by atoms with E-state index in [4.69, 9.17) is 0 Å². The summed E-state index contributed by atoms with van der Waals surface area (Å²) in [6.45, 7) is 3.03. The van der Waals surface area contributed by atoms with Crippen LogP contribution in [-0.4, -0.2) is 36.2 Å². The van der Waals surface area contributed by atoms with Crippen LogP contribution >= 0.6 is 11.8 Å². The average molecular weight is 400 g/mol. The van der Waals surface area contributed by atoms with E-state index in [0.29, 0.717) is 18.8 Å². The molecule has 0 aliphatic rings. The van der Waals surface area contributed by atoms with Crippen molar-refractivity contribution in [3.8, 4) is 0 Å². The van der Waals surface area contributed by atoms with Crippen LogP contribution in [0.2, 0.25) is 0 Å². The highest BCUT2D eigenvalue weighted by molar-refractivity contribution is 7.99. The molecule has 1 amide bonds. The van der Waals surface area contributed by atoms with E-state index in [-0.39, 0.29) is 18.0 Å². The summed E-state index contributed by atoms with van der Waals surface area (Å²) in [6.07, 6.45) is -4.53. The summed E-state index contributed by atoms with van der Waals surface area (Å²) in [7, 11) is 0. The fourth-order valence-electron chi connectivity index (χ4n) is 2.40. The van der Waals surface area contributed by atoms with Gasteiger partial charge in [-0.05, 0) is 42.9 Å². The fraction of sp³-hybridized carbons (Fsp3) is 0.316. The molecule has 2 aromatic carbocycles. The number of carbonyl (C=O) groups excluding carboxylic acids is 1. The van der Waals surface area contributed by atoms with Gasteiger partial charge in [0, 0.05) is 17.2 Å². The van der Waals surface area contributed by atoms with Gasteiger partial charge < -0.3 is 5.32 Å². The summed E-state index contributed by atoms with van der Waals surface area (Å²) < 4.78 is 51.9. The third-order valence-electron chi connectivity index (χ3n) is 3.81. The lowest BCUT2D eigenvalue weighted by atomic mass is 10.1. The van der Waals surface area contributed by atoms with Crippen molar-refractivity contribution in [3.63, 3.8) is 0 Å². The van der Waals surface area contributed by atoms with Gasteiger partial charge in [-0.15, -0.1) is 11.8 Å². The first-order valence-corrected chi connectivity index (χ1v) is 9.35. The number of amides is 1.